The van der Waals surface area contributed by atoms with E-state index in [0.29, 0.717) is 0 Å². The molecule has 0 aliphatic rings. The Hall–Kier alpha value is 0.0300. The summed E-state index contributed by atoms with van der Waals surface area (Å²) in [4.78, 5) is 21.6. The van der Waals surface area contributed by atoms with Crippen LogP contribution in [0.25, 0.3) is 0 Å². The van der Waals surface area contributed by atoms with Gasteiger partial charge < -0.3 is 26.1 Å². The van der Waals surface area contributed by atoms with Crippen LogP contribution in [0.3, 0.4) is 0 Å². The molecule has 0 spiro atoms. The maximum atomic E-state index is 8.88. The van der Waals surface area contributed by atoms with E-state index in [1.807, 2.05) is 0 Å². The fourth-order valence-electron chi connectivity index (χ4n) is 1.85. The average Bonchev–Trinajstić information content (AvgIpc) is 2.46. The number of unbranched alkanes of at least 4 members (excludes halogenated alkanes) is 10. The van der Waals surface area contributed by atoms with Gasteiger partial charge in [0.2, 0.25) is 0 Å². The Labute approximate surface area is 143 Å². The van der Waals surface area contributed by atoms with Crippen molar-refractivity contribution in [2.45, 2.75) is 90.9 Å². The summed E-state index contributed by atoms with van der Waals surface area (Å²) >= 11 is 0. The molecule has 23 heavy (non-hydrogen) atoms. The van der Waals surface area contributed by atoms with Gasteiger partial charge in [0.25, 0.3) is 0 Å². The third-order valence-electron chi connectivity index (χ3n) is 3.12. The molecule has 0 fully saturated rings. The predicted molar refractivity (Wildman–Crippen MR) is 99.1 cm³/mol. The molecule has 0 unspecified atom stereocenters. The first-order chi connectivity index (χ1) is 10.8. The van der Waals surface area contributed by atoms with Gasteiger partial charge in [-0.25, -0.2) is 4.57 Å². The predicted octanol–water partition coefficient (Wildman–Crippen LogP) is 3.68. The molecule has 0 aliphatic heterocycles. The van der Waals surface area contributed by atoms with E-state index >= 15 is 0 Å². The van der Waals surface area contributed by atoms with Crippen molar-refractivity contribution >= 4 is 7.82 Å². The van der Waals surface area contributed by atoms with Gasteiger partial charge in [0.15, 0.2) is 0 Å². The van der Waals surface area contributed by atoms with E-state index in [2.05, 4.69) is 13.8 Å². The largest absolute Gasteiger partial charge is 0.466 e. The van der Waals surface area contributed by atoms with E-state index in [1.54, 1.807) is 0 Å². The number of hydrogen-bond donors (Lipinski definition) is 5. The standard InChI is InChI=1S/2C8H19N.H3O4P/c2*1-2-3-4-5-6-7-8-9;1-5(2,3)4/h2*2-9H2,1H3;(H3,1,2,3,4). The van der Waals surface area contributed by atoms with E-state index < -0.39 is 7.82 Å². The van der Waals surface area contributed by atoms with Gasteiger partial charge in [-0.15, -0.1) is 0 Å². The normalized spacial score (nSPS) is 10.4. The van der Waals surface area contributed by atoms with Gasteiger partial charge in [0, 0.05) is 0 Å². The second kappa shape index (κ2) is 24.3. The Morgan fingerprint density at radius 3 is 1.04 bits per heavy atom. The van der Waals surface area contributed by atoms with Crippen LogP contribution in [-0.4, -0.2) is 27.8 Å². The van der Waals surface area contributed by atoms with Crippen molar-refractivity contribution in [3.05, 3.63) is 0 Å². The van der Waals surface area contributed by atoms with Gasteiger partial charge in [-0.1, -0.05) is 78.1 Å². The molecule has 144 valence electrons. The first-order valence-electron chi connectivity index (χ1n) is 9.01. The van der Waals surface area contributed by atoms with Crippen LogP contribution in [0, 0.1) is 0 Å². The van der Waals surface area contributed by atoms with Crippen LogP contribution in [0.15, 0.2) is 0 Å². The molecule has 7 heteroatoms. The lowest BCUT2D eigenvalue weighted by Crippen LogP contribution is -1.97. The lowest BCUT2D eigenvalue weighted by molar-refractivity contribution is 0.275. The lowest BCUT2D eigenvalue weighted by Gasteiger charge is -1.96. The zero-order valence-electron chi connectivity index (χ0n) is 15.3. The second-order valence-corrected chi connectivity index (χ2v) is 6.65. The van der Waals surface area contributed by atoms with Gasteiger partial charge in [-0.05, 0) is 25.9 Å². The molecule has 6 nitrogen and oxygen atoms in total. The highest BCUT2D eigenvalue weighted by molar-refractivity contribution is 7.45. The van der Waals surface area contributed by atoms with E-state index in [9.17, 15) is 0 Å². The van der Waals surface area contributed by atoms with E-state index in [4.69, 9.17) is 30.7 Å². The lowest BCUT2D eigenvalue weighted by atomic mass is 10.1. The zero-order valence-corrected chi connectivity index (χ0v) is 16.1. The van der Waals surface area contributed by atoms with Crippen LogP contribution in [0.5, 0.6) is 0 Å². The fourth-order valence-corrected chi connectivity index (χ4v) is 1.85. The molecule has 0 aromatic heterocycles. The highest BCUT2D eigenvalue weighted by Crippen LogP contribution is 2.25. The van der Waals surface area contributed by atoms with Crippen molar-refractivity contribution in [3.63, 3.8) is 0 Å². The number of nitrogens with two attached hydrogens (primary N) is 2. The number of phosphoric acid groups is 1. The maximum absolute atomic E-state index is 8.88. The van der Waals surface area contributed by atoms with Crippen molar-refractivity contribution < 1.29 is 19.2 Å². The number of rotatable bonds is 12. The molecule has 0 saturated heterocycles. The SMILES string of the molecule is CCCCCCCCN.CCCCCCCCN.O=P(O)(O)O. The summed E-state index contributed by atoms with van der Waals surface area (Å²) in [6, 6.07) is 0. The minimum absolute atomic E-state index is 0.867. The molecule has 0 radical (unpaired) electrons. The van der Waals surface area contributed by atoms with Crippen molar-refractivity contribution in [3.8, 4) is 0 Å². The van der Waals surface area contributed by atoms with Crippen molar-refractivity contribution in [2.75, 3.05) is 13.1 Å². The topological polar surface area (TPSA) is 130 Å². The molecule has 0 heterocycles. The first-order valence-corrected chi connectivity index (χ1v) is 10.6. The van der Waals surface area contributed by atoms with Crippen molar-refractivity contribution in [2.24, 2.45) is 11.5 Å². The smallest absolute Gasteiger partial charge is 0.330 e. The van der Waals surface area contributed by atoms with Crippen molar-refractivity contribution in [1.29, 1.82) is 0 Å². The van der Waals surface area contributed by atoms with E-state index in [0.717, 1.165) is 13.1 Å². The third-order valence-corrected chi connectivity index (χ3v) is 3.12. The number of hydrogen-bond acceptors (Lipinski definition) is 3. The van der Waals surface area contributed by atoms with Crippen LogP contribution in [-0.2, 0) is 4.57 Å². The summed E-state index contributed by atoms with van der Waals surface area (Å²) in [5, 5.41) is 0. The maximum Gasteiger partial charge on any atom is 0.466 e. The molecule has 0 aromatic rings. The summed E-state index contributed by atoms with van der Waals surface area (Å²) < 4.78 is 8.88. The molecule has 0 atom stereocenters. The van der Waals surface area contributed by atoms with Crippen LogP contribution in [0.2, 0.25) is 0 Å². The van der Waals surface area contributed by atoms with Gasteiger partial charge in [0.05, 0.1) is 0 Å². The van der Waals surface area contributed by atoms with Crippen LogP contribution < -0.4 is 11.5 Å². The highest BCUT2D eigenvalue weighted by Gasteiger charge is 2.00. The minimum atomic E-state index is -4.64. The molecule has 0 amide bonds. The highest BCUT2D eigenvalue weighted by atomic mass is 31.2. The molecule has 0 rings (SSSR count). The Kier molecular flexibility index (Phi) is 29.4. The van der Waals surface area contributed by atoms with E-state index in [1.165, 1.54) is 77.0 Å². The van der Waals surface area contributed by atoms with Gasteiger partial charge in [-0.2, -0.15) is 0 Å². The second-order valence-electron chi connectivity index (χ2n) is 5.63. The molecule has 0 aliphatic carbocycles. The van der Waals surface area contributed by atoms with Gasteiger partial charge in [-0.3, -0.25) is 0 Å². The summed E-state index contributed by atoms with van der Waals surface area (Å²) in [5.41, 5.74) is 10.7. The Morgan fingerprint density at radius 1 is 0.609 bits per heavy atom. The summed E-state index contributed by atoms with van der Waals surface area (Å²) in [7, 11) is -4.64. The monoisotopic (exact) mass is 356 g/mol. The van der Waals surface area contributed by atoms with Gasteiger partial charge >= 0.3 is 7.82 Å². The molecular weight excluding hydrogens is 315 g/mol. The quantitative estimate of drug-likeness (QED) is 0.268. The van der Waals surface area contributed by atoms with Crippen LogP contribution >= 0.6 is 7.82 Å². The molecule has 7 N–H and O–H groups in total. The van der Waals surface area contributed by atoms with Gasteiger partial charge in [0.1, 0.15) is 0 Å². The zero-order chi connectivity index (χ0) is 18.4. The Morgan fingerprint density at radius 2 is 0.826 bits per heavy atom. The Balaban J connectivity index is -0.000000273. The summed E-state index contributed by atoms with van der Waals surface area (Å²) in [6.07, 6.45) is 16.1. The summed E-state index contributed by atoms with van der Waals surface area (Å²) in [5.74, 6) is 0. The van der Waals surface area contributed by atoms with Crippen LogP contribution in [0.1, 0.15) is 90.9 Å². The van der Waals surface area contributed by atoms with E-state index in [-0.39, 0.29) is 0 Å². The minimum Gasteiger partial charge on any atom is -0.330 e. The van der Waals surface area contributed by atoms with Crippen LogP contribution in [0.4, 0.5) is 0 Å². The first kappa shape index (κ1) is 27.9. The molecule has 0 aromatic carbocycles. The van der Waals surface area contributed by atoms with Crippen molar-refractivity contribution in [1.82, 2.24) is 0 Å². The summed E-state index contributed by atoms with van der Waals surface area (Å²) in [6.45, 7) is 6.21. The average molecular weight is 356 g/mol. The molecular formula is C16H41N2O4P. The molecule has 0 bridgehead atoms. The third kappa shape index (κ3) is 61.1. The fraction of sp³-hybridized carbons (Fsp3) is 1.00. The Bertz CT molecular complexity index is 204. The molecule has 0 saturated carbocycles.